The van der Waals surface area contributed by atoms with Crippen LogP contribution in [0, 0.1) is 5.92 Å². The second-order valence-electron chi connectivity index (χ2n) is 7.69. The summed E-state index contributed by atoms with van der Waals surface area (Å²) < 4.78 is 41.4. The first kappa shape index (κ1) is 27.7. The number of benzene rings is 1. The van der Waals surface area contributed by atoms with Gasteiger partial charge in [-0.25, -0.2) is 9.59 Å². The average Bonchev–Trinajstić information content (AvgIpc) is 2.71. The maximum absolute atomic E-state index is 12.4. The average molecular weight is 476 g/mol. The molecule has 5 N–H and O–H groups in total. The van der Waals surface area contributed by atoms with E-state index in [0.29, 0.717) is 0 Å². The lowest BCUT2D eigenvalue weighted by atomic mass is 10.0. The monoisotopic (exact) mass is 476 g/mol. The SMILES string of the molecule is CC(C)[C@H](N)C(=O)N[C@@H](C)C(=O)Nc1ccc(COC(=O)C(F)(F)F)c(CN(C)C(=O)O)c1. The lowest BCUT2D eigenvalue weighted by Gasteiger charge is -2.20. The Morgan fingerprint density at radius 3 is 2.24 bits per heavy atom. The van der Waals surface area contributed by atoms with Gasteiger partial charge in [-0.3, -0.25) is 9.59 Å². The van der Waals surface area contributed by atoms with Crippen molar-refractivity contribution in [2.24, 2.45) is 11.7 Å². The highest BCUT2D eigenvalue weighted by Gasteiger charge is 2.41. The van der Waals surface area contributed by atoms with Crippen LogP contribution in [0.25, 0.3) is 0 Å². The Kier molecular flexibility index (Phi) is 9.64. The molecule has 0 radical (unpaired) electrons. The molecule has 0 aromatic heterocycles. The minimum Gasteiger partial charge on any atom is -0.465 e. The van der Waals surface area contributed by atoms with Gasteiger partial charge in [-0.15, -0.1) is 0 Å². The lowest BCUT2D eigenvalue weighted by molar-refractivity contribution is -0.201. The Morgan fingerprint density at radius 1 is 1.12 bits per heavy atom. The molecule has 0 saturated heterocycles. The van der Waals surface area contributed by atoms with E-state index in [1.807, 2.05) is 0 Å². The van der Waals surface area contributed by atoms with Crippen molar-refractivity contribution < 1.29 is 42.2 Å². The molecule has 3 amide bonds. The molecule has 1 rings (SSSR count). The smallest absolute Gasteiger partial charge is 0.465 e. The molecule has 0 fully saturated rings. The van der Waals surface area contributed by atoms with E-state index >= 15 is 0 Å². The predicted molar refractivity (Wildman–Crippen MR) is 111 cm³/mol. The summed E-state index contributed by atoms with van der Waals surface area (Å²) in [6.45, 7) is 3.92. The van der Waals surface area contributed by atoms with Crippen molar-refractivity contribution in [3.05, 3.63) is 29.3 Å². The third kappa shape index (κ3) is 8.60. The Hall–Kier alpha value is -3.35. The predicted octanol–water partition coefficient (Wildman–Crippen LogP) is 1.83. The number of amides is 3. The van der Waals surface area contributed by atoms with Crippen molar-refractivity contribution in [1.29, 1.82) is 0 Å². The zero-order valence-corrected chi connectivity index (χ0v) is 18.5. The fourth-order valence-corrected chi connectivity index (χ4v) is 2.47. The molecule has 0 saturated carbocycles. The first-order valence-corrected chi connectivity index (χ1v) is 9.80. The van der Waals surface area contributed by atoms with Crippen molar-refractivity contribution in [2.45, 2.75) is 52.2 Å². The summed E-state index contributed by atoms with van der Waals surface area (Å²) in [7, 11) is 1.23. The van der Waals surface area contributed by atoms with E-state index in [4.69, 9.17) is 10.8 Å². The van der Waals surface area contributed by atoms with Crippen molar-refractivity contribution >= 4 is 29.6 Å². The zero-order chi connectivity index (χ0) is 25.5. The van der Waals surface area contributed by atoms with E-state index in [2.05, 4.69) is 15.4 Å². The van der Waals surface area contributed by atoms with E-state index in [1.54, 1.807) is 13.8 Å². The summed E-state index contributed by atoms with van der Waals surface area (Å²) in [6.07, 6.45) is -6.48. The van der Waals surface area contributed by atoms with E-state index in [0.717, 1.165) is 4.90 Å². The van der Waals surface area contributed by atoms with Gasteiger partial charge < -0.3 is 31.1 Å². The second-order valence-corrected chi connectivity index (χ2v) is 7.69. The fourth-order valence-electron chi connectivity index (χ4n) is 2.47. The normalized spacial score (nSPS) is 13.1. The molecule has 0 bridgehead atoms. The van der Waals surface area contributed by atoms with Gasteiger partial charge in [-0.2, -0.15) is 13.2 Å². The number of esters is 1. The number of alkyl halides is 3. The molecule has 1 aromatic rings. The fraction of sp³-hybridized carbons (Fsp3) is 0.500. The molecule has 2 atom stereocenters. The molecule has 0 unspecified atom stereocenters. The Labute approximate surface area is 188 Å². The number of hydrogen-bond donors (Lipinski definition) is 4. The van der Waals surface area contributed by atoms with Crippen LogP contribution in [-0.4, -0.2) is 59.2 Å². The van der Waals surface area contributed by atoms with Crippen LogP contribution in [0.4, 0.5) is 23.7 Å². The van der Waals surface area contributed by atoms with Crippen LogP contribution in [0.5, 0.6) is 0 Å². The summed E-state index contributed by atoms with van der Waals surface area (Å²) in [5.74, 6) is -3.65. The van der Waals surface area contributed by atoms with Crippen LogP contribution in [0.2, 0.25) is 0 Å². The van der Waals surface area contributed by atoms with Gasteiger partial charge in [0.05, 0.1) is 6.04 Å². The number of hydrogen-bond acceptors (Lipinski definition) is 6. The van der Waals surface area contributed by atoms with Crippen LogP contribution in [0.1, 0.15) is 31.9 Å². The molecule has 184 valence electrons. The van der Waals surface area contributed by atoms with E-state index in [1.165, 1.54) is 32.2 Å². The molecule has 0 aliphatic heterocycles. The van der Waals surface area contributed by atoms with Gasteiger partial charge in [0.1, 0.15) is 12.6 Å². The number of carboxylic acid groups (broad SMARTS) is 1. The first-order valence-electron chi connectivity index (χ1n) is 9.80. The van der Waals surface area contributed by atoms with Crippen molar-refractivity contribution in [3.63, 3.8) is 0 Å². The number of carbonyl (C=O) groups excluding carboxylic acids is 3. The quantitative estimate of drug-likeness (QED) is 0.397. The Balaban J connectivity index is 3.01. The van der Waals surface area contributed by atoms with Crippen LogP contribution < -0.4 is 16.4 Å². The van der Waals surface area contributed by atoms with Crippen molar-refractivity contribution in [3.8, 4) is 0 Å². The third-order valence-corrected chi connectivity index (χ3v) is 4.57. The zero-order valence-electron chi connectivity index (χ0n) is 18.5. The Morgan fingerprint density at radius 2 is 1.73 bits per heavy atom. The van der Waals surface area contributed by atoms with Crippen molar-refractivity contribution in [2.75, 3.05) is 12.4 Å². The summed E-state index contributed by atoms with van der Waals surface area (Å²) in [5.41, 5.74) is 6.25. The van der Waals surface area contributed by atoms with Gasteiger partial charge in [0.15, 0.2) is 0 Å². The lowest BCUT2D eigenvalue weighted by Crippen LogP contribution is -2.50. The van der Waals surface area contributed by atoms with E-state index in [-0.39, 0.29) is 29.3 Å². The molecule has 13 heteroatoms. The van der Waals surface area contributed by atoms with Crippen LogP contribution >= 0.6 is 0 Å². The Bertz CT molecular complexity index is 891. The minimum absolute atomic E-state index is 0.114. The molecule has 0 spiro atoms. The number of nitrogens with one attached hydrogen (secondary N) is 2. The molecule has 1 aromatic carbocycles. The molecule has 33 heavy (non-hydrogen) atoms. The van der Waals surface area contributed by atoms with Gasteiger partial charge in [0.2, 0.25) is 11.8 Å². The van der Waals surface area contributed by atoms with Crippen LogP contribution in [0.15, 0.2) is 18.2 Å². The number of anilines is 1. The summed E-state index contributed by atoms with van der Waals surface area (Å²) in [5, 5.41) is 14.1. The van der Waals surface area contributed by atoms with Gasteiger partial charge in [-0.1, -0.05) is 19.9 Å². The van der Waals surface area contributed by atoms with E-state index in [9.17, 15) is 32.3 Å². The number of carbonyl (C=O) groups is 4. The van der Waals surface area contributed by atoms with E-state index < -0.39 is 48.7 Å². The summed E-state index contributed by atoms with van der Waals surface area (Å²) >= 11 is 0. The number of ether oxygens (including phenoxy) is 1. The minimum atomic E-state index is -5.18. The van der Waals surface area contributed by atoms with Gasteiger partial charge in [0, 0.05) is 19.3 Å². The number of rotatable bonds is 9. The first-order chi connectivity index (χ1) is 15.1. The highest BCUT2D eigenvalue weighted by atomic mass is 19.4. The third-order valence-electron chi connectivity index (χ3n) is 4.57. The molecule has 10 nitrogen and oxygen atoms in total. The van der Waals surface area contributed by atoms with Crippen LogP contribution in [0.3, 0.4) is 0 Å². The van der Waals surface area contributed by atoms with Gasteiger partial charge in [-0.05, 0) is 36.1 Å². The highest BCUT2D eigenvalue weighted by Crippen LogP contribution is 2.22. The summed E-state index contributed by atoms with van der Waals surface area (Å²) in [4.78, 5) is 47.4. The molecule has 0 aliphatic carbocycles. The van der Waals surface area contributed by atoms with Crippen molar-refractivity contribution in [1.82, 2.24) is 10.2 Å². The standard InChI is InChI=1S/C20H27F3N4O6/c1-10(2)15(24)17(29)25-11(3)16(28)26-14-6-5-12(9-33-18(30)20(21,22)23)13(7-14)8-27(4)19(31)32/h5-7,10-11,15H,8-9,24H2,1-4H3,(H,25,29)(H,26,28)(H,31,32)/t11-,15-/m0/s1. The van der Waals surface area contributed by atoms with Gasteiger partial charge >= 0.3 is 18.2 Å². The number of nitrogens with zero attached hydrogens (tertiary/aromatic N) is 1. The summed E-state index contributed by atoms with van der Waals surface area (Å²) in [6, 6.07) is 2.20. The van der Waals surface area contributed by atoms with Gasteiger partial charge in [0.25, 0.3) is 0 Å². The highest BCUT2D eigenvalue weighted by molar-refractivity contribution is 5.97. The largest absolute Gasteiger partial charge is 0.490 e. The molecular weight excluding hydrogens is 449 g/mol. The molecule has 0 aliphatic rings. The second kappa shape index (κ2) is 11.5. The number of halogens is 3. The molecular formula is C20H27F3N4O6. The number of nitrogens with two attached hydrogens (primary N) is 1. The maximum Gasteiger partial charge on any atom is 0.490 e. The topological polar surface area (TPSA) is 151 Å². The molecule has 0 heterocycles. The maximum atomic E-state index is 12.4. The van der Waals surface area contributed by atoms with Crippen LogP contribution in [-0.2, 0) is 32.3 Å².